The maximum absolute atomic E-state index is 14.5. The highest BCUT2D eigenvalue weighted by Gasteiger charge is 2.55. The number of anilines is 1. The van der Waals surface area contributed by atoms with E-state index in [4.69, 9.17) is 9.84 Å². The molecule has 0 bridgehead atoms. The predicted octanol–water partition coefficient (Wildman–Crippen LogP) is 5.59. The standard InChI is InChI=1S/C30H33F3N4O4/c1-29(2,3)41-28(40)36-16-14-18(15-17-36)23-21-22(30(31,32)33)25(38)27(39)34-26(21)37(35-23)24(19-10-6-4-7-11-19)20-12-8-5-9-13-20/h4-13,18,22,24-25,38H,14-17H2,1-3H3,(H,34,39)/t22-,25+/m1/s1. The van der Waals surface area contributed by atoms with Gasteiger partial charge in [-0.1, -0.05) is 60.7 Å². The Hall–Kier alpha value is -3.86. The van der Waals surface area contributed by atoms with Gasteiger partial charge in [-0.25, -0.2) is 9.48 Å². The van der Waals surface area contributed by atoms with Crippen LogP contribution in [0.3, 0.4) is 0 Å². The molecule has 1 saturated heterocycles. The highest BCUT2D eigenvalue weighted by atomic mass is 19.4. The number of halogens is 3. The van der Waals surface area contributed by atoms with E-state index in [1.165, 1.54) is 4.68 Å². The topological polar surface area (TPSA) is 96.7 Å². The minimum absolute atomic E-state index is 0.0788. The number of likely N-dealkylation sites (tertiary alicyclic amines) is 1. The smallest absolute Gasteiger partial charge is 0.410 e. The molecular weight excluding hydrogens is 537 g/mol. The molecule has 11 heteroatoms. The van der Waals surface area contributed by atoms with Gasteiger partial charge in [0.05, 0.1) is 5.69 Å². The van der Waals surface area contributed by atoms with Crippen molar-refractivity contribution in [3.8, 4) is 0 Å². The van der Waals surface area contributed by atoms with Gasteiger partial charge < -0.3 is 20.1 Å². The number of carbonyl (C=O) groups is 2. The maximum atomic E-state index is 14.5. The number of hydrogen-bond donors (Lipinski definition) is 2. The summed E-state index contributed by atoms with van der Waals surface area (Å²) >= 11 is 0. The molecule has 5 rings (SSSR count). The van der Waals surface area contributed by atoms with E-state index in [2.05, 4.69) is 5.32 Å². The van der Waals surface area contributed by atoms with Gasteiger partial charge >= 0.3 is 12.3 Å². The van der Waals surface area contributed by atoms with Crippen LogP contribution in [0.5, 0.6) is 0 Å². The minimum atomic E-state index is -4.90. The zero-order valence-electron chi connectivity index (χ0n) is 23.1. The molecule has 2 N–H and O–H groups in total. The highest BCUT2D eigenvalue weighted by Crippen LogP contribution is 2.49. The number of benzene rings is 2. The second kappa shape index (κ2) is 10.8. The molecule has 0 radical (unpaired) electrons. The molecule has 218 valence electrons. The Morgan fingerprint density at radius 3 is 2.02 bits per heavy atom. The number of ether oxygens (including phenoxy) is 1. The van der Waals surface area contributed by atoms with Crippen molar-refractivity contribution in [3.63, 3.8) is 0 Å². The number of nitrogens with zero attached hydrogens (tertiary/aromatic N) is 3. The molecule has 0 spiro atoms. The van der Waals surface area contributed by atoms with E-state index in [9.17, 15) is 27.9 Å². The summed E-state index contributed by atoms with van der Waals surface area (Å²) in [5.41, 5.74) is 0.793. The molecule has 41 heavy (non-hydrogen) atoms. The molecule has 3 heterocycles. The first-order valence-electron chi connectivity index (χ1n) is 13.6. The summed E-state index contributed by atoms with van der Waals surface area (Å²) < 4.78 is 50.5. The number of amides is 2. The number of hydrogen-bond acceptors (Lipinski definition) is 5. The molecular formula is C30H33F3N4O4. The summed E-state index contributed by atoms with van der Waals surface area (Å²) in [7, 11) is 0. The molecule has 3 aromatic rings. The van der Waals surface area contributed by atoms with E-state index in [0.717, 1.165) is 11.1 Å². The Labute approximate surface area is 236 Å². The van der Waals surface area contributed by atoms with Gasteiger partial charge in [0.2, 0.25) is 0 Å². The molecule has 0 saturated carbocycles. The Balaban J connectivity index is 1.62. The first-order chi connectivity index (χ1) is 19.3. The van der Waals surface area contributed by atoms with Gasteiger partial charge in [0.15, 0.2) is 0 Å². The lowest BCUT2D eigenvalue weighted by Crippen LogP contribution is -2.45. The number of aliphatic hydroxyl groups is 1. The molecule has 2 atom stereocenters. The van der Waals surface area contributed by atoms with E-state index in [-0.39, 0.29) is 30.2 Å². The van der Waals surface area contributed by atoms with Gasteiger partial charge in [0, 0.05) is 24.6 Å². The normalized spacial score (nSPS) is 20.1. The van der Waals surface area contributed by atoms with E-state index in [1.54, 1.807) is 25.7 Å². The largest absolute Gasteiger partial charge is 0.444 e. The number of alkyl halides is 3. The van der Waals surface area contributed by atoms with Crippen LogP contribution in [0.2, 0.25) is 0 Å². The molecule has 2 aliphatic heterocycles. The summed E-state index contributed by atoms with van der Waals surface area (Å²) in [4.78, 5) is 26.9. The van der Waals surface area contributed by atoms with E-state index in [0.29, 0.717) is 12.8 Å². The molecule has 1 fully saturated rings. The monoisotopic (exact) mass is 570 g/mol. The van der Waals surface area contributed by atoms with Gasteiger partial charge in [-0.3, -0.25) is 4.79 Å². The molecule has 0 aliphatic carbocycles. The van der Waals surface area contributed by atoms with Crippen LogP contribution in [0.15, 0.2) is 60.7 Å². The van der Waals surface area contributed by atoms with Crippen LogP contribution in [-0.4, -0.2) is 62.8 Å². The van der Waals surface area contributed by atoms with Crippen molar-refractivity contribution in [2.75, 3.05) is 18.4 Å². The first kappa shape index (κ1) is 28.7. The number of carbonyl (C=O) groups excluding carboxylic acids is 2. The van der Waals surface area contributed by atoms with Crippen molar-refractivity contribution in [2.45, 2.75) is 69.4 Å². The first-order valence-corrected chi connectivity index (χ1v) is 13.6. The zero-order valence-corrected chi connectivity index (χ0v) is 23.1. The molecule has 1 aromatic heterocycles. The number of piperidine rings is 1. The fourth-order valence-electron chi connectivity index (χ4n) is 5.63. The van der Waals surface area contributed by atoms with Crippen molar-refractivity contribution in [1.82, 2.24) is 14.7 Å². The predicted molar refractivity (Wildman–Crippen MR) is 146 cm³/mol. The van der Waals surface area contributed by atoms with E-state index in [1.807, 2.05) is 60.7 Å². The van der Waals surface area contributed by atoms with Crippen molar-refractivity contribution in [1.29, 1.82) is 0 Å². The summed E-state index contributed by atoms with van der Waals surface area (Å²) in [5.74, 6) is -4.09. The quantitative estimate of drug-likeness (QED) is 0.426. The Morgan fingerprint density at radius 2 is 1.54 bits per heavy atom. The Morgan fingerprint density at radius 1 is 1.00 bits per heavy atom. The SMILES string of the molecule is CC(C)(C)OC(=O)N1CCC(c2nn(C(c3ccccc3)c3ccccc3)c3c2[C@@H](C(F)(F)F)[C@H](O)C(=O)N3)CC1. The van der Waals surface area contributed by atoms with E-state index >= 15 is 0 Å². The van der Waals surface area contributed by atoms with E-state index < -0.39 is 47.8 Å². The van der Waals surface area contributed by atoms with Crippen molar-refractivity contribution in [2.24, 2.45) is 0 Å². The number of aromatic nitrogens is 2. The average Bonchev–Trinajstić information content (AvgIpc) is 3.27. The van der Waals surface area contributed by atoms with Crippen LogP contribution < -0.4 is 5.32 Å². The van der Waals surface area contributed by atoms with Gasteiger partial charge in [-0.15, -0.1) is 0 Å². The van der Waals surface area contributed by atoms with Gasteiger partial charge in [0.1, 0.15) is 29.5 Å². The lowest BCUT2D eigenvalue weighted by Gasteiger charge is -2.35. The summed E-state index contributed by atoms with van der Waals surface area (Å²) in [6.07, 6.45) is -7.00. The number of rotatable bonds is 4. The van der Waals surface area contributed by atoms with Crippen molar-refractivity contribution < 1.29 is 32.6 Å². The van der Waals surface area contributed by atoms with Crippen LogP contribution in [0.4, 0.5) is 23.8 Å². The molecule has 2 aromatic carbocycles. The third-order valence-electron chi connectivity index (χ3n) is 7.47. The number of fused-ring (bicyclic) bond motifs is 1. The molecule has 2 aliphatic rings. The highest BCUT2D eigenvalue weighted by molar-refractivity contribution is 5.97. The summed E-state index contributed by atoms with van der Waals surface area (Å²) in [6.45, 7) is 5.84. The van der Waals surface area contributed by atoms with Crippen molar-refractivity contribution in [3.05, 3.63) is 83.0 Å². The minimum Gasteiger partial charge on any atom is -0.444 e. The fraction of sp³-hybridized carbons (Fsp3) is 0.433. The van der Waals surface area contributed by atoms with Crippen LogP contribution >= 0.6 is 0 Å². The molecule has 2 amide bonds. The van der Waals surface area contributed by atoms with Crippen LogP contribution in [0.25, 0.3) is 0 Å². The van der Waals surface area contributed by atoms with Crippen LogP contribution in [-0.2, 0) is 9.53 Å². The second-order valence-corrected chi connectivity index (χ2v) is 11.5. The number of aliphatic hydroxyl groups excluding tert-OH is 1. The molecule has 8 nitrogen and oxygen atoms in total. The third kappa shape index (κ3) is 5.81. The zero-order chi connectivity index (χ0) is 29.5. The Bertz CT molecular complexity index is 1360. The average molecular weight is 571 g/mol. The number of nitrogens with one attached hydrogen (secondary N) is 1. The van der Waals surface area contributed by atoms with Gasteiger partial charge in [-0.2, -0.15) is 18.3 Å². The summed E-state index contributed by atoms with van der Waals surface area (Å²) in [5, 5.41) is 17.8. The lowest BCUT2D eigenvalue weighted by atomic mass is 9.82. The molecule has 0 unspecified atom stereocenters. The fourth-order valence-corrected chi connectivity index (χ4v) is 5.63. The van der Waals surface area contributed by atoms with Crippen molar-refractivity contribution >= 4 is 17.8 Å². The Kier molecular flexibility index (Phi) is 7.58. The second-order valence-electron chi connectivity index (χ2n) is 11.5. The summed E-state index contributed by atoms with van der Waals surface area (Å²) in [6, 6.07) is 17.8. The third-order valence-corrected chi connectivity index (χ3v) is 7.47. The van der Waals surface area contributed by atoms with Crippen LogP contribution in [0, 0.1) is 0 Å². The van der Waals surface area contributed by atoms with Gasteiger partial charge in [0.25, 0.3) is 5.91 Å². The van der Waals surface area contributed by atoms with Crippen LogP contribution in [0.1, 0.15) is 73.9 Å². The maximum Gasteiger partial charge on any atom is 0.410 e. The van der Waals surface area contributed by atoms with Gasteiger partial charge in [-0.05, 0) is 44.7 Å². The lowest BCUT2D eigenvalue weighted by molar-refractivity contribution is -0.177.